The van der Waals surface area contributed by atoms with Crippen molar-refractivity contribution in [1.82, 2.24) is 4.98 Å². The molecule has 41 valence electrons. The van der Waals surface area contributed by atoms with Crippen molar-refractivity contribution in [3.05, 3.63) is 31.9 Å². The highest BCUT2D eigenvalue weighted by Gasteiger charge is 1.93. The maximum absolute atomic E-state index is 4.82. The molecule has 1 rings (SSSR count). The fraction of sp³-hybridized carbons (Fsp3) is 0. The molecule has 0 aliphatic carbocycles. The van der Waals surface area contributed by atoms with Gasteiger partial charge in [0.1, 0.15) is 6.26 Å². The first-order valence-electron chi connectivity index (χ1n) is 2.21. The van der Waals surface area contributed by atoms with Crippen LogP contribution >= 0.6 is 0 Å². The smallest absolute Gasteiger partial charge is 0.221 e. The van der Waals surface area contributed by atoms with Crippen molar-refractivity contribution in [2.75, 3.05) is 0 Å². The Balaban J connectivity index is 2.93. The fourth-order valence-electron chi connectivity index (χ4n) is 0.398. The summed E-state index contributed by atoms with van der Waals surface area (Å²) in [4.78, 5) is 3.79. The van der Waals surface area contributed by atoms with Crippen LogP contribution in [0.25, 0.3) is 5.57 Å². The van der Waals surface area contributed by atoms with Gasteiger partial charge >= 0.3 is 0 Å². The Kier molecular flexibility index (Phi) is 1.16. The molecule has 1 aromatic heterocycles. The molecule has 0 aromatic carbocycles. The second kappa shape index (κ2) is 1.82. The molecule has 8 heavy (non-hydrogen) atoms. The van der Waals surface area contributed by atoms with Gasteiger partial charge in [0.15, 0.2) is 0 Å². The summed E-state index contributed by atoms with van der Waals surface area (Å²) in [5, 5.41) is 0. The Morgan fingerprint density at radius 2 is 2.50 bits per heavy atom. The lowest BCUT2D eigenvalue weighted by atomic mass is 10.4. The van der Waals surface area contributed by atoms with Gasteiger partial charge in [0.25, 0.3) is 0 Å². The lowest BCUT2D eigenvalue weighted by molar-refractivity contribution is 0.543. The van der Waals surface area contributed by atoms with E-state index in [9.17, 15) is 0 Å². The third kappa shape index (κ3) is 0.780. The first kappa shape index (κ1) is 5.09. The van der Waals surface area contributed by atoms with Crippen LogP contribution in [0.4, 0.5) is 0 Å². The van der Waals surface area contributed by atoms with E-state index in [4.69, 9.17) is 4.42 Å². The van der Waals surface area contributed by atoms with Gasteiger partial charge in [0, 0.05) is 5.57 Å². The summed E-state index contributed by atoms with van der Waals surface area (Å²) in [7, 11) is 0. The van der Waals surface area contributed by atoms with Crippen LogP contribution in [0.15, 0.2) is 23.5 Å². The molecule has 0 aliphatic rings. The fourth-order valence-corrected chi connectivity index (χ4v) is 0.398. The molecule has 2 heteroatoms. The number of hydrogen-bond donors (Lipinski definition) is 0. The van der Waals surface area contributed by atoms with Crippen LogP contribution in [0.3, 0.4) is 0 Å². The monoisotopic (exact) mass is 108 g/mol. The van der Waals surface area contributed by atoms with Crippen molar-refractivity contribution < 1.29 is 4.42 Å². The van der Waals surface area contributed by atoms with Crippen LogP contribution in [-0.2, 0) is 0 Å². The second-order valence-corrected chi connectivity index (χ2v) is 1.44. The predicted octanol–water partition coefficient (Wildman–Crippen LogP) is 1.52. The number of hydrogen-bond acceptors (Lipinski definition) is 2. The third-order valence-electron chi connectivity index (χ3n) is 0.735. The van der Waals surface area contributed by atoms with E-state index in [1.807, 2.05) is 0 Å². The van der Waals surface area contributed by atoms with E-state index >= 15 is 0 Å². The van der Waals surface area contributed by atoms with Gasteiger partial charge in [-0.05, 0) is 6.92 Å². The van der Waals surface area contributed by atoms with Gasteiger partial charge in [-0.2, -0.15) is 0 Å². The van der Waals surface area contributed by atoms with Gasteiger partial charge in [-0.15, -0.1) is 0 Å². The molecule has 2 nitrogen and oxygen atoms in total. The summed E-state index contributed by atoms with van der Waals surface area (Å²) in [5.74, 6) is 0.505. The van der Waals surface area contributed by atoms with Gasteiger partial charge in [-0.3, -0.25) is 0 Å². The highest BCUT2D eigenvalue weighted by Crippen LogP contribution is 2.04. The van der Waals surface area contributed by atoms with E-state index in [1.165, 1.54) is 6.26 Å². The van der Waals surface area contributed by atoms with E-state index < -0.39 is 0 Å². The molecule has 1 radical (unpaired) electrons. The van der Waals surface area contributed by atoms with Crippen LogP contribution in [0.1, 0.15) is 5.89 Å². The summed E-state index contributed by atoms with van der Waals surface area (Å²) < 4.78 is 4.82. The van der Waals surface area contributed by atoms with Crippen LogP contribution in [0.5, 0.6) is 0 Å². The standard InChI is InChI=1S/C6H6NO/c1-5(2)6-7-3-4-8-6/h3-4H,1-2H2. The van der Waals surface area contributed by atoms with Crippen molar-refractivity contribution in [2.45, 2.75) is 0 Å². The van der Waals surface area contributed by atoms with Crippen molar-refractivity contribution in [1.29, 1.82) is 0 Å². The summed E-state index contributed by atoms with van der Waals surface area (Å²) in [6.45, 7) is 7.06. The normalized spacial score (nSPS) is 9.12. The van der Waals surface area contributed by atoms with Crippen molar-refractivity contribution in [3.8, 4) is 0 Å². The predicted molar refractivity (Wildman–Crippen MR) is 30.9 cm³/mol. The molecule has 0 bridgehead atoms. The number of nitrogens with zero attached hydrogens (tertiary/aromatic N) is 1. The zero-order chi connectivity index (χ0) is 5.98. The van der Waals surface area contributed by atoms with Gasteiger partial charge in [0.05, 0.1) is 6.20 Å². The lowest BCUT2D eigenvalue weighted by Gasteiger charge is -1.84. The maximum atomic E-state index is 4.82. The molecule has 0 amide bonds. The summed E-state index contributed by atoms with van der Waals surface area (Å²) in [5.41, 5.74) is 0.606. The molecule has 0 spiro atoms. The Labute approximate surface area is 47.9 Å². The summed E-state index contributed by atoms with van der Waals surface area (Å²) in [6, 6.07) is 0. The van der Waals surface area contributed by atoms with Gasteiger partial charge < -0.3 is 4.42 Å². The minimum Gasteiger partial charge on any atom is -0.445 e. The molecular weight excluding hydrogens is 102 g/mol. The second-order valence-electron chi connectivity index (χ2n) is 1.44. The van der Waals surface area contributed by atoms with Crippen LogP contribution in [0.2, 0.25) is 0 Å². The average Bonchev–Trinajstić information content (AvgIpc) is 2.12. The Bertz CT molecular complexity index is 176. The number of allylic oxidation sites excluding steroid dienone is 1. The summed E-state index contributed by atoms with van der Waals surface area (Å²) in [6.07, 6.45) is 3.05. The molecule has 0 atom stereocenters. The van der Waals surface area contributed by atoms with Crippen molar-refractivity contribution in [3.63, 3.8) is 0 Å². The Morgan fingerprint density at radius 3 is 2.75 bits per heavy atom. The molecule has 0 fully saturated rings. The molecular formula is C6H6NO. The van der Waals surface area contributed by atoms with E-state index in [2.05, 4.69) is 18.5 Å². The SMILES string of the molecule is [CH2]C(=C)c1ncco1. The van der Waals surface area contributed by atoms with E-state index in [1.54, 1.807) is 6.20 Å². The first-order valence-corrected chi connectivity index (χ1v) is 2.21. The molecule has 0 saturated carbocycles. The number of rotatable bonds is 1. The number of oxazole rings is 1. The maximum Gasteiger partial charge on any atom is 0.221 e. The average molecular weight is 108 g/mol. The Morgan fingerprint density at radius 1 is 1.75 bits per heavy atom. The van der Waals surface area contributed by atoms with Crippen LogP contribution in [0, 0.1) is 6.92 Å². The zero-order valence-electron chi connectivity index (χ0n) is 4.42. The topological polar surface area (TPSA) is 26.0 Å². The van der Waals surface area contributed by atoms with Crippen LogP contribution in [-0.4, -0.2) is 4.98 Å². The molecule has 0 saturated heterocycles. The largest absolute Gasteiger partial charge is 0.445 e. The minimum atomic E-state index is 0.505. The molecule has 0 unspecified atom stereocenters. The molecule has 0 N–H and O–H groups in total. The minimum absolute atomic E-state index is 0.505. The molecule has 1 aromatic rings. The van der Waals surface area contributed by atoms with Gasteiger partial charge in [-0.25, -0.2) is 4.98 Å². The first-order chi connectivity index (χ1) is 3.80. The highest BCUT2D eigenvalue weighted by atomic mass is 16.3. The van der Waals surface area contributed by atoms with Crippen molar-refractivity contribution >= 4 is 5.57 Å². The quantitative estimate of drug-likeness (QED) is 0.545. The zero-order valence-corrected chi connectivity index (χ0v) is 4.42. The highest BCUT2D eigenvalue weighted by molar-refractivity contribution is 5.58. The summed E-state index contributed by atoms with van der Waals surface area (Å²) >= 11 is 0. The molecule has 1 heterocycles. The van der Waals surface area contributed by atoms with E-state index in [0.717, 1.165) is 0 Å². The van der Waals surface area contributed by atoms with Crippen molar-refractivity contribution in [2.24, 2.45) is 0 Å². The van der Waals surface area contributed by atoms with E-state index in [-0.39, 0.29) is 0 Å². The number of aromatic nitrogens is 1. The van der Waals surface area contributed by atoms with Gasteiger partial charge in [-0.1, -0.05) is 6.58 Å². The molecule has 0 aliphatic heterocycles. The lowest BCUT2D eigenvalue weighted by Crippen LogP contribution is -1.72. The van der Waals surface area contributed by atoms with Gasteiger partial charge in [0.2, 0.25) is 5.89 Å². The van der Waals surface area contributed by atoms with Crippen LogP contribution < -0.4 is 0 Å². The van der Waals surface area contributed by atoms with E-state index in [0.29, 0.717) is 11.5 Å². The Hall–Kier alpha value is -1.05. The third-order valence-corrected chi connectivity index (χ3v) is 0.735.